The Labute approximate surface area is 203 Å². The Bertz CT molecular complexity index is 1490. The first-order chi connectivity index (χ1) is 16.9. The molecule has 9 nitrogen and oxygen atoms in total. The average Bonchev–Trinajstić information content (AvgIpc) is 3.25. The molecule has 0 atom stereocenters. The minimum atomic E-state index is 0.366. The Balaban J connectivity index is 1.50. The molecule has 0 aliphatic rings. The molecule has 0 aromatic carbocycles. The van der Waals surface area contributed by atoms with Crippen LogP contribution in [0.1, 0.15) is 25.3 Å². The molecule has 5 aromatic heterocycles. The van der Waals surface area contributed by atoms with Crippen LogP contribution in [0.3, 0.4) is 0 Å². The van der Waals surface area contributed by atoms with Gasteiger partial charge in [0.25, 0.3) is 0 Å². The molecular formula is C26H27N9. The number of aromatic nitrogens is 7. The van der Waals surface area contributed by atoms with Crippen LogP contribution in [0.15, 0.2) is 61.2 Å². The number of rotatable bonds is 6. The third kappa shape index (κ3) is 4.65. The quantitative estimate of drug-likeness (QED) is 0.381. The van der Waals surface area contributed by atoms with Crippen LogP contribution in [0.4, 0.5) is 17.5 Å². The van der Waals surface area contributed by atoms with Gasteiger partial charge in [0.1, 0.15) is 17.3 Å². The van der Waals surface area contributed by atoms with Crippen LogP contribution < -0.4 is 10.2 Å². The van der Waals surface area contributed by atoms with Gasteiger partial charge in [-0.1, -0.05) is 13.8 Å². The highest BCUT2D eigenvalue weighted by atomic mass is 15.3. The maximum Gasteiger partial charge on any atom is 0.154 e. The number of hydrogen-bond donors (Lipinski definition) is 1. The van der Waals surface area contributed by atoms with Crippen molar-refractivity contribution in [3.8, 4) is 22.4 Å². The van der Waals surface area contributed by atoms with Crippen molar-refractivity contribution in [1.29, 1.82) is 0 Å². The van der Waals surface area contributed by atoms with E-state index >= 15 is 0 Å². The minimum absolute atomic E-state index is 0.366. The van der Waals surface area contributed by atoms with E-state index in [2.05, 4.69) is 39.3 Å². The summed E-state index contributed by atoms with van der Waals surface area (Å²) in [6, 6.07) is 11.9. The fourth-order valence-corrected chi connectivity index (χ4v) is 3.82. The van der Waals surface area contributed by atoms with Gasteiger partial charge in [-0.05, 0) is 47.9 Å². The zero-order valence-electron chi connectivity index (χ0n) is 20.4. The lowest BCUT2D eigenvalue weighted by atomic mass is 10.0. The number of anilines is 3. The van der Waals surface area contributed by atoms with Crippen LogP contribution in [-0.2, 0) is 7.05 Å². The topological polar surface area (TPSA) is 97.5 Å². The van der Waals surface area contributed by atoms with E-state index in [0.717, 1.165) is 44.8 Å². The minimum Gasteiger partial charge on any atom is -0.363 e. The normalized spacial score (nSPS) is 11.3. The number of nitrogens with zero attached hydrogens (tertiary/aromatic N) is 8. The van der Waals surface area contributed by atoms with Gasteiger partial charge in [0.2, 0.25) is 0 Å². The second-order valence-corrected chi connectivity index (χ2v) is 8.98. The summed E-state index contributed by atoms with van der Waals surface area (Å²) in [7, 11) is 5.85. The molecular weight excluding hydrogens is 438 g/mol. The summed E-state index contributed by atoms with van der Waals surface area (Å²) in [6.07, 6.45) is 7.49. The van der Waals surface area contributed by atoms with Gasteiger partial charge in [0.15, 0.2) is 5.82 Å². The first-order valence-corrected chi connectivity index (χ1v) is 11.4. The second kappa shape index (κ2) is 9.09. The van der Waals surface area contributed by atoms with Gasteiger partial charge in [0, 0.05) is 56.4 Å². The van der Waals surface area contributed by atoms with E-state index in [9.17, 15) is 0 Å². The predicted octanol–water partition coefficient (Wildman–Crippen LogP) is 4.82. The number of aryl methyl sites for hydroxylation is 1. The molecule has 0 radical (unpaired) electrons. The number of hydrogen-bond acceptors (Lipinski definition) is 8. The number of fused-ring (bicyclic) bond motifs is 1. The first-order valence-electron chi connectivity index (χ1n) is 11.4. The van der Waals surface area contributed by atoms with Crippen molar-refractivity contribution in [2.45, 2.75) is 19.8 Å². The Morgan fingerprint density at radius 3 is 2.46 bits per heavy atom. The lowest BCUT2D eigenvalue weighted by molar-refractivity contribution is 0.771. The molecule has 9 heteroatoms. The maximum atomic E-state index is 4.78. The van der Waals surface area contributed by atoms with E-state index in [1.165, 1.54) is 0 Å². The monoisotopic (exact) mass is 465 g/mol. The van der Waals surface area contributed by atoms with Crippen molar-refractivity contribution in [1.82, 2.24) is 34.9 Å². The fraction of sp³-hybridized carbons (Fsp3) is 0.231. The highest BCUT2D eigenvalue weighted by Gasteiger charge is 2.15. The molecule has 5 aromatic rings. The standard InChI is InChI=1S/C26H27N9/c1-16(2)18-11-24(32-29-14-18)31-23-8-7-21-22(30-23)10-19(13-27-21)20-15-35(5)33-26(20)17-6-9-25(28-12-17)34(3)4/h6-16H,1-5H3,(H,30,31,32). The molecule has 35 heavy (non-hydrogen) atoms. The van der Waals surface area contributed by atoms with Gasteiger partial charge >= 0.3 is 0 Å². The molecule has 5 rings (SSSR count). The first kappa shape index (κ1) is 22.4. The molecule has 0 fully saturated rings. The summed E-state index contributed by atoms with van der Waals surface area (Å²) >= 11 is 0. The van der Waals surface area contributed by atoms with E-state index in [1.54, 1.807) is 10.9 Å². The van der Waals surface area contributed by atoms with Crippen molar-refractivity contribution in [2.24, 2.45) is 7.05 Å². The van der Waals surface area contributed by atoms with Crippen molar-refractivity contribution in [3.63, 3.8) is 0 Å². The fourth-order valence-electron chi connectivity index (χ4n) is 3.82. The molecule has 0 aliphatic carbocycles. The summed E-state index contributed by atoms with van der Waals surface area (Å²) in [5, 5.41) is 16.3. The average molecular weight is 466 g/mol. The Kier molecular flexibility index (Phi) is 5.82. The van der Waals surface area contributed by atoms with Gasteiger partial charge in [-0.15, -0.1) is 5.10 Å². The number of pyridine rings is 3. The Morgan fingerprint density at radius 2 is 1.71 bits per heavy atom. The molecule has 5 heterocycles. The number of nitrogens with one attached hydrogen (secondary N) is 1. The van der Waals surface area contributed by atoms with E-state index in [4.69, 9.17) is 10.1 Å². The lowest BCUT2D eigenvalue weighted by Crippen LogP contribution is -2.10. The van der Waals surface area contributed by atoms with Crippen LogP contribution >= 0.6 is 0 Å². The Morgan fingerprint density at radius 1 is 0.886 bits per heavy atom. The third-order valence-corrected chi connectivity index (χ3v) is 5.76. The summed E-state index contributed by atoms with van der Waals surface area (Å²) in [5.74, 6) is 2.61. The molecule has 0 amide bonds. The highest BCUT2D eigenvalue weighted by Crippen LogP contribution is 2.32. The second-order valence-electron chi connectivity index (χ2n) is 8.98. The van der Waals surface area contributed by atoms with Crippen LogP contribution in [0.2, 0.25) is 0 Å². The smallest absolute Gasteiger partial charge is 0.154 e. The summed E-state index contributed by atoms with van der Waals surface area (Å²) in [5.41, 5.74) is 6.39. The van der Waals surface area contributed by atoms with Gasteiger partial charge < -0.3 is 10.2 Å². The molecule has 0 aliphatic heterocycles. The molecule has 176 valence electrons. The SMILES string of the molecule is CC(C)c1cnnc(Nc2ccc3ncc(-c4cn(C)nc4-c4ccc(N(C)C)nc4)cc3n2)c1. The molecule has 0 saturated heterocycles. The highest BCUT2D eigenvalue weighted by molar-refractivity contribution is 5.86. The van der Waals surface area contributed by atoms with Crippen molar-refractivity contribution in [3.05, 3.63) is 66.7 Å². The van der Waals surface area contributed by atoms with Gasteiger partial charge in [0.05, 0.1) is 17.2 Å². The van der Waals surface area contributed by atoms with Crippen molar-refractivity contribution in [2.75, 3.05) is 24.3 Å². The van der Waals surface area contributed by atoms with Crippen LogP contribution in [0.25, 0.3) is 33.4 Å². The summed E-state index contributed by atoms with van der Waals surface area (Å²) < 4.78 is 1.81. The summed E-state index contributed by atoms with van der Waals surface area (Å²) in [6.45, 7) is 4.25. The Hall–Kier alpha value is -4.40. The van der Waals surface area contributed by atoms with E-state index in [0.29, 0.717) is 17.6 Å². The third-order valence-electron chi connectivity index (χ3n) is 5.76. The van der Waals surface area contributed by atoms with Crippen molar-refractivity contribution >= 4 is 28.5 Å². The largest absolute Gasteiger partial charge is 0.363 e. The molecule has 0 bridgehead atoms. The molecule has 1 N–H and O–H groups in total. The van der Waals surface area contributed by atoms with Crippen LogP contribution in [0, 0.1) is 0 Å². The van der Waals surface area contributed by atoms with Crippen LogP contribution in [0.5, 0.6) is 0 Å². The maximum absolute atomic E-state index is 4.78. The lowest BCUT2D eigenvalue weighted by Gasteiger charge is -2.11. The molecule has 0 spiro atoms. The van der Waals surface area contributed by atoms with Gasteiger partial charge in [-0.25, -0.2) is 9.97 Å². The zero-order valence-corrected chi connectivity index (χ0v) is 20.4. The van der Waals surface area contributed by atoms with Crippen LogP contribution in [-0.4, -0.2) is 49.0 Å². The van der Waals surface area contributed by atoms with Crippen molar-refractivity contribution < 1.29 is 0 Å². The zero-order chi connectivity index (χ0) is 24.5. The van der Waals surface area contributed by atoms with E-state index in [-0.39, 0.29) is 0 Å². The van der Waals surface area contributed by atoms with E-state index < -0.39 is 0 Å². The van der Waals surface area contributed by atoms with E-state index in [1.807, 2.05) is 81.0 Å². The molecule has 0 unspecified atom stereocenters. The van der Waals surface area contributed by atoms with Gasteiger partial charge in [-0.2, -0.15) is 10.2 Å². The molecule has 0 saturated carbocycles. The van der Waals surface area contributed by atoms with Gasteiger partial charge in [-0.3, -0.25) is 9.67 Å². The summed E-state index contributed by atoms with van der Waals surface area (Å²) in [4.78, 5) is 15.9. The predicted molar refractivity (Wildman–Crippen MR) is 139 cm³/mol.